The van der Waals surface area contributed by atoms with Crippen molar-refractivity contribution >= 4 is 21.8 Å². The number of benzene rings is 7. The number of nitrogens with zero attached hydrogens (tertiary/aromatic N) is 3. The summed E-state index contributed by atoms with van der Waals surface area (Å²) in [5, 5.41) is 2.47. The molecule has 0 radical (unpaired) electrons. The fraction of sp³-hybridized carbons (Fsp3) is 0.0213. The molecular formula is C47H33N3. The summed E-state index contributed by atoms with van der Waals surface area (Å²) >= 11 is 0. The minimum Gasteiger partial charge on any atom is -0.309 e. The van der Waals surface area contributed by atoms with Crippen LogP contribution in [0.25, 0.3) is 83.6 Å². The number of hydrogen-bond acceptors (Lipinski definition) is 2. The van der Waals surface area contributed by atoms with Gasteiger partial charge in [-0.05, 0) is 41.8 Å². The van der Waals surface area contributed by atoms with Gasteiger partial charge in [0.05, 0.1) is 28.1 Å². The Hall–Kier alpha value is -6.58. The Balaban J connectivity index is 1.28. The van der Waals surface area contributed by atoms with Gasteiger partial charge >= 0.3 is 0 Å². The summed E-state index contributed by atoms with van der Waals surface area (Å²) < 4.78 is 2.41. The molecule has 0 saturated heterocycles. The molecular weight excluding hydrogens is 607 g/mol. The smallest absolute Gasteiger partial charge is 0.160 e. The van der Waals surface area contributed by atoms with E-state index in [2.05, 4.69) is 181 Å². The van der Waals surface area contributed by atoms with Gasteiger partial charge in [-0.1, -0.05) is 164 Å². The summed E-state index contributed by atoms with van der Waals surface area (Å²) in [5.41, 5.74) is 14.1. The van der Waals surface area contributed by atoms with E-state index in [1.54, 1.807) is 0 Å². The van der Waals surface area contributed by atoms with E-state index in [-0.39, 0.29) is 0 Å². The molecule has 0 amide bonds. The molecule has 0 unspecified atom stereocenters. The maximum absolute atomic E-state index is 5.33. The van der Waals surface area contributed by atoms with Gasteiger partial charge in [-0.25, -0.2) is 9.97 Å². The van der Waals surface area contributed by atoms with Crippen molar-refractivity contribution < 1.29 is 0 Å². The third-order valence-electron chi connectivity index (χ3n) is 9.62. The topological polar surface area (TPSA) is 30.7 Å². The Kier molecular flexibility index (Phi) is 7.37. The number of aromatic nitrogens is 3. The summed E-state index contributed by atoms with van der Waals surface area (Å²) in [5.74, 6) is 0.703. The van der Waals surface area contributed by atoms with Crippen molar-refractivity contribution in [1.82, 2.24) is 14.5 Å². The van der Waals surface area contributed by atoms with Crippen LogP contribution in [0.1, 0.15) is 5.56 Å². The van der Waals surface area contributed by atoms with Crippen molar-refractivity contribution in [1.29, 1.82) is 0 Å². The van der Waals surface area contributed by atoms with E-state index in [0.29, 0.717) is 5.82 Å². The molecule has 0 bridgehead atoms. The standard InChI is InChI=1S/C47H33N3/c1-32-45(36-19-9-4-10-20-36)48-47(37-27-25-34(26-28-37)33-15-5-2-6-16-33)49-46(32)38-29-30-39(35-17-7-3-8-18-35)44(31-38)50-42-23-13-11-21-40(42)41-22-12-14-24-43(41)50/h2-31H,1H3. The molecule has 3 heteroatoms. The van der Waals surface area contributed by atoms with Crippen LogP contribution in [0.15, 0.2) is 182 Å². The highest BCUT2D eigenvalue weighted by Gasteiger charge is 2.20. The molecule has 0 atom stereocenters. The minimum absolute atomic E-state index is 0.703. The third-order valence-corrected chi connectivity index (χ3v) is 9.62. The molecule has 0 aliphatic rings. The van der Waals surface area contributed by atoms with E-state index in [1.807, 2.05) is 12.1 Å². The second-order valence-corrected chi connectivity index (χ2v) is 12.6. The molecule has 0 N–H and O–H groups in total. The van der Waals surface area contributed by atoms with Crippen molar-refractivity contribution in [3.8, 4) is 61.8 Å². The molecule has 0 aliphatic carbocycles. The van der Waals surface area contributed by atoms with E-state index in [9.17, 15) is 0 Å². The van der Waals surface area contributed by atoms with Gasteiger partial charge in [0.2, 0.25) is 0 Å². The van der Waals surface area contributed by atoms with Gasteiger partial charge in [-0.15, -0.1) is 0 Å². The molecule has 236 valence electrons. The van der Waals surface area contributed by atoms with Crippen LogP contribution < -0.4 is 0 Å². The van der Waals surface area contributed by atoms with Gasteiger partial charge in [0.1, 0.15) is 0 Å². The lowest BCUT2D eigenvalue weighted by Crippen LogP contribution is -2.02. The maximum atomic E-state index is 5.33. The van der Waals surface area contributed by atoms with Gasteiger partial charge in [-0.2, -0.15) is 0 Å². The molecule has 0 spiro atoms. The molecule has 3 nitrogen and oxygen atoms in total. The highest BCUT2D eigenvalue weighted by molar-refractivity contribution is 6.09. The molecule has 9 rings (SSSR count). The first-order valence-corrected chi connectivity index (χ1v) is 17.0. The Labute approximate surface area is 291 Å². The maximum Gasteiger partial charge on any atom is 0.160 e. The number of hydrogen-bond donors (Lipinski definition) is 0. The molecule has 50 heavy (non-hydrogen) atoms. The van der Waals surface area contributed by atoms with Crippen LogP contribution in [0, 0.1) is 6.92 Å². The van der Waals surface area contributed by atoms with Crippen molar-refractivity contribution in [2.75, 3.05) is 0 Å². The molecule has 2 heterocycles. The molecule has 9 aromatic rings. The number of rotatable bonds is 6. The van der Waals surface area contributed by atoms with E-state index < -0.39 is 0 Å². The van der Waals surface area contributed by atoms with Crippen molar-refractivity contribution in [3.05, 3.63) is 188 Å². The van der Waals surface area contributed by atoms with E-state index in [1.165, 1.54) is 32.9 Å². The van der Waals surface area contributed by atoms with Gasteiger partial charge in [-0.3, -0.25) is 0 Å². The zero-order chi connectivity index (χ0) is 33.4. The summed E-state index contributed by atoms with van der Waals surface area (Å²) in [7, 11) is 0. The molecule has 0 aliphatic heterocycles. The van der Waals surface area contributed by atoms with Crippen LogP contribution in [0.4, 0.5) is 0 Å². The highest BCUT2D eigenvalue weighted by atomic mass is 15.0. The van der Waals surface area contributed by atoms with Crippen LogP contribution in [0.3, 0.4) is 0 Å². The van der Waals surface area contributed by atoms with Gasteiger partial charge in [0, 0.05) is 38.6 Å². The van der Waals surface area contributed by atoms with Crippen LogP contribution in [-0.4, -0.2) is 14.5 Å². The van der Waals surface area contributed by atoms with Crippen LogP contribution in [0.2, 0.25) is 0 Å². The highest BCUT2D eigenvalue weighted by Crippen LogP contribution is 2.40. The first kappa shape index (κ1) is 29.6. The second-order valence-electron chi connectivity index (χ2n) is 12.6. The number of fused-ring (bicyclic) bond motifs is 3. The lowest BCUT2D eigenvalue weighted by atomic mass is 9.96. The fourth-order valence-corrected chi connectivity index (χ4v) is 7.15. The average Bonchev–Trinajstić information content (AvgIpc) is 3.53. The molecule has 7 aromatic carbocycles. The van der Waals surface area contributed by atoms with Crippen molar-refractivity contribution in [3.63, 3.8) is 0 Å². The van der Waals surface area contributed by atoms with E-state index in [0.717, 1.165) is 50.5 Å². The zero-order valence-electron chi connectivity index (χ0n) is 27.7. The van der Waals surface area contributed by atoms with Gasteiger partial charge < -0.3 is 4.57 Å². The monoisotopic (exact) mass is 639 g/mol. The van der Waals surface area contributed by atoms with Gasteiger partial charge in [0.15, 0.2) is 5.82 Å². The minimum atomic E-state index is 0.703. The summed E-state index contributed by atoms with van der Waals surface area (Å²) in [6.07, 6.45) is 0. The predicted octanol–water partition coefficient (Wildman–Crippen LogP) is 12.2. The van der Waals surface area contributed by atoms with Crippen molar-refractivity contribution in [2.24, 2.45) is 0 Å². The van der Waals surface area contributed by atoms with E-state index in [4.69, 9.17) is 9.97 Å². The quantitative estimate of drug-likeness (QED) is 0.181. The summed E-state index contributed by atoms with van der Waals surface area (Å²) in [6, 6.07) is 64.3. The first-order chi connectivity index (χ1) is 24.7. The SMILES string of the molecule is Cc1c(-c2ccccc2)nc(-c2ccc(-c3ccccc3)cc2)nc1-c1ccc(-c2ccccc2)c(-n2c3ccccc3c3ccccc32)c1. The Morgan fingerprint density at radius 1 is 0.380 bits per heavy atom. The summed E-state index contributed by atoms with van der Waals surface area (Å²) in [4.78, 5) is 10.5. The normalized spacial score (nSPS) is 11.3. The summed E-state index contributed by atoms with van der Waals surface area (Å²) in [6.45, 7) is 2.14. The fourth-order valence-electron chi connectivity index (χ4n) is 7.15. The molecule has 0 fully saturated rings. The lowest BCUT2D eigenvalue weighted by Gasteiger charge is -2.18. The molecule has 0 saturated carbocycles. The van der Waals surface area contributed by atoms with Crippen LogP contribution in [-0.2, 0) is 0 Å². The first-order valence-electron chi connectivity index (χ1n) is 17.0. The Morgan fingerprint density at radius 3 is 1.42 bits per heavy atom. The molecule has 2 aromatic heterocycles. The van der Waals surface area contributed by atoms with E-state index >= 15 is 0 Å². The number of para-hydroxylation sites is 2. The predicted molar refractivity (Wildman–Crippen MR) is 208 cm³/mol. The second kappa shape index (κ2) is 12.5. The third kappa shape index (κ3) is 5.17. The zero-order valence-corrected chi connectivity index (χ0v) is 27.7. The van der Waals surface area contributed by atoms with Crippen molar-refractivity contribution in [2.45, 2.75) is 6.92 Å². The average molecular weight is 640 g/mol. The van der Waals surface area contributed by atoms with Crippen LogP contribution >= 0.6 is 0 Å². The Morgan fingerprint density at radius 2 is 0.820 bits per heavy atom. The van der Waals surface area contributed by atoms with Crippen LogP contribution in [0.5, 0.6) is 0 Å². The van der Waals surface area contributed by atoms with Gasteiger partial charge in [0.25, 0.3) is 0 Å². The largest absolute Gasteiger partial charge is 0.309 e. The lowest BCUT2D eigenvalue weighted by molar-refractivity contribution is 1.14. The Bertz CT molecular complexity index is 2570.